The molecule has 0 aromatic heterocycles. The highest BCUT2D eigenvalue weighted by Crippen LogP contribution is 2.07. The van der Waals surface area contributed by atoms with Gasteiger partial charge in [0.05, 0.1) is 18.8 Å². The van der Waals surface area contributed by atoms with Gasteiger partial charge in [0.15, 0.2) is 0 Å². The smallest absolute Gasteiger partial charge is 0.239 e. The average molecular weight is 215 g/mol. The zero-order chi connectivity index (χ0) is 11.4. The normalized spacial score (nSPS) is 24.3. The van der Waals surface area contributed by atoms with Gasteiger partial charge in [-0.15, -0.1) is 0 Å². The quantitative estimate of drug-likeness (QED) is 0.664. The summed E-state index contributed by atoms with van der Waals surface area (Å²) >= 11 is 0. The van der Waals surface area contributed by atoms with E-state index in [2.05, 4.69) is 4.90 Å². The van der Waals surface area contributed by atoms with Gasteiger partial charge in [0, 0.05) is 19.6 Å². The van der Waals surface area contributed by atoms with Crippen LogP contribution in [0.4, 0.5) is 0 Å². The number of nitrogens with zero attached hydrogens (tertiary/aromatic N) is 2. The SMILES string of the molecule is C[C@H](N)C(=O)N1CCO[C@@H](CN(C)C)C1. The minimum atomic E-state index is -0.414. The number of hydrogen-bond donors (Lipinski definition) is 1. The van der Waals surface area contributed by atoms with Crippen molar-refractivity contribution in [3.63, 3.8) is 0 Å². The number of morpholine rings is 1. The molecule has 0 aromatic carbocycles. The number of nitrogens with two attached hydrogens (primary N) is 1. The molecule has 0 unspecified atom stereocenters. The number of carbonyl (C=O) groups excluding carboxylic acids is 1. The van der Waals surface area contributed by atoms with Gasteiger partial charge in [-0.3, -0.25) is 4.79 Å². The van der Waals surface area contributed by atoms with Crippen LogP contribution in [0.1, 0.15) is 6.92 Å². The van der Waals surface area contributed by atoms with E-state index in [0.29, 0.717) is 19.7 Å². The van der Waals surface area contributed by atoms with Crippen molar-refractivity contribution in [2.24, 2.45) is 5.73 Å². The van der Waals surface area contributed by atoms with Crippen molar-refractivity contribution in [3.8, 4) is 0 Å². The molecule has 0 aliphatic carbocycles. The molecule has 1 aliphatic rings. The lowest BCUT2D eigenvalue weighted by molar-refractivity contribution is -0.140. The van der Waals surface area contributed by atoms with Gasteiger partial charge in [0.2, 0.25) is 5.91 Å². The van der Waals surface area contributed by atoms with Crippen LogP contribution in [0.3, 0.4) is 0 Å². The van der Waals surface area contributed by atoms with E-state index >= 15 is 0 Å². The van der Waals surface area contributed by atoms with Crippen molar-refractivity contribution in [1.29, 1.82) is 0 Å². The molecule has 1 rings (SSSR count). The van der Waals surface area contributed by atoms with Crippen LogP contribution < -0.4 is 5.73 Å². The van der Waals surface area contributed by atoms with Crippen LogP contribution in [0.15, 0.2) is 0 Å². The van der Waals surface area contributed by atoms with Gasteiger partial charge in [-0.05, 0) is 21.0 Å². The third-order valence-corrected chi connectivity index (χ3v) is 2.41. The fourth-order valence-corrected chi connectivity index (χ4v) is 1.73. The van der Waals surface area contributed by atoms with E-state index < -0.39 is 6.04 Å². The summed E-state index contributed by atoms with van der Waals surface area (Å²) in [6, 6.07) is -0.414. The van der Waals surface area contributed by atoms with Gasteiger partial charge in [0.25, 0.3) is 0 Å². The summed E-state index contributed by atoms with van der Waals surface area (Å²) in [7, 11) is 3.99. The second kappa shape index (κ2) is 5.44. The van der Waals surface area contributed by atoms with Gasteiger partial charge in [-0.1, -0.05) is 0 Å². The summed E-state index contributed by atoms with van der Waals surface area (Å²) in [6.45, 7) is 4.47. The molecule has 5 heteroatoms. The first-order valence-corrected chi connectivity index (χ1v) is 5.31. The molecule has 0 radical (unpaired) electrons. The molecule has 1 aliphatic heterocycles. The molecule has 0 bridgehead atoms. The Morgan fingerprint density at radius 3 is 2.87 bits per heavy atom. The van der Waals surface area contributed by atoms with Crippen LogP contribution in [-0.4, -0.2) is 68.2 Å². The van der Waals surface area contributed by atoms with E-state index in [1.165, 1.54) is 0 Å². The zero-order valence-electron chi connectivity index (χ0n) is 9.77. The molecular weight excluding hydrogens is 194 g/mol. The first kappa shape index (κ1) is 12.4. The minimum absolute atomic E-state index is 0.0158. The second-order valence-corrected chi connectivity index (χ2v) is 4.33. The predicted octanol–water partition coefficient (Wildman–Crippen LogP) is -0.877. The summed E-state index contributed by atoms with van der Waals surface area (Å²) in [4.78, 5) is 15.5. The van der Waals surface area contributed by atoms with Crippen molar-refractivity contribution >= 4 is 5.91 Å². The molecule has 2 N–H and O–H groups in total. The Bertz CT molecular complexity index is 219. The lowest BCUT2D eigenvalue weighted by atomic mass is 10.2. The maximum Gasteiger partial charge on any atom is 0.239 e. The first-order valence-electron chi connectivity index (χ1n) is 5.31. The van der Waals surface area contributed by atoms with E-state index in [1.807, 2.05) is 14.1 Å². The van der Waals surface area contributed by atoms with Crippen molar-refractivity contribution in [2.75, 3.05) is 40.3 Å². The Morgan fingerprint density at radius 1 is 1.67 bits per heavy atom. The van der Waals surface area contributed by atoms with E-state index in [9.17, 15) is 4.79 Å². The fraction of sp³-hybridized carbons (Fsp3) is 0.900. The lowest BCUT2D eigenvalue weighted by Crippen LogP contribution is -2.52. The standard InChI is InChI=1S/C10H21N3O2/c1-8(11)10(14)13-4-5-15-9(7-13)6-12(2)3/h8-9H,4-7,11H2,1-3H3/t8-,9-/m0/s1. The van der Waals surface area contributed by atoms with Crippen LogP contribution >= 0.6 is 0 Å². The number of ether oxygens (including phenoxy) is 1. The van der Waals surface area contributed by atoms with E-state index in [-0.39, 0.29) is 12.0 Å². The van der Waals surface area contributed by atoms with E-state index in [4.69, 9.17) is 10.5 Å². The molecule has 1 heterocycles. The molecule has 1 fully saturated rings. The molecule has 0 saturated carbocycles. The Labute approximate surface area is 91.2 Å². The summed E-state index contributed by atoms with van der Waals surface area (Å²) in [5, 5.41) is 0. The van der Waals surface area contributed by atoms with Crippen LogP contribution in [0.2, 0.25) is 0 Å². The fourth-order valence-electron chi connectivity index (χ4n) is 1.73. The van der Waals surface area contributed by atoms with E-state index in [0.717, 1.165) is 6.54 Å². The summed E-state index contributed by atoms with van der Waals surface area (Å²) in [6.07, 6.45) is 0.108. The molecule has 1 amide bonds. The van der Waals surface area contributed by atoms with Gasteiger partial charge in [-0.25, -0.2) is 0 Å². The topological polar surface area (TPSA) is 58.8 Å². The molecule has 0 spiro atoms. The van der Waals surface area contributed by atoms with Crippen molar-refractivity contribution < 1.29 is 9.53 Å². The van der Waals surface area contributed by atoms with Crippen molar-refractivity contribution in [2.45, 2.75) is 19.1 Å². The number of amides is 1. The Balaban J connectivity index is 2.45. The molecule has 2 atom stereocenters. The molecular formula is C10H21N3O2. The third-order valence-electron chi connectivity index (χ3n) is 2.41. The molecule has 88 valence electrons. The largest absolute Gasteiger partial charge is 0.373 e. The third kappa shape index (κ3) is 3.77. The highest BCUT2D eigenvalue weighted by atomic mass is 16.5. The van der Waals surface area contributed by atoms with Crippen molar-refractivity contribution in [1.82, 2.24) is 9.80 Å². The zero-order valence-corrected chi connectivity index (χ0v) is 9.77. The number of hydrogen-bond acceptors (Lipinski definition) is 4. The van der Waals surface area contributed by atoms with Crippen LogP contribution in [0.25, 0.3) is 0 Å². The van der Waals surface area contributed by atoms with Crippen LogP contribution in [0, 0.1) is 0 Å². The maximum absolute atomic E-state index is 11.7. The Hall–Kier alpha value is -0.650. The Kier molecular flexibility index (Phi) is 4.50. The highest BCUT2D eigenvalue weighted by molar-refractivity contribution is 5.81. The van der Waals surface area contributed by atoms with Gasteiger partial charge >= 0.3 is 0 Å². The molecule has 1 saturated heterocycles. The summed E-state index contributed by atoms with van der Waals surface area (Å²) < 4.78 is 5.57. The summed E-state index contributed by atoms with van der Waals surface area (Å²) in [5.74, 6) is 0.0158. The van der Waals surface area contributed by atoms with Crippen LogP contribution in [0.5, 0.6) is 0 Å². The molecule has 5 nitrogen and oxygen atoms in total. The molecule has 15 heavy (non-hydrogen) atoms. The second-order valence-electron chi connectivity index (χ2n) is 4.33. The summed E-state index contributed by atoms with van der Waals surface area (Å²) in [5.41, 5.74) is 5.57. The monoisotopic (exact) mass is 215 g/mol. The average Bonchev–Trinajstić information content (AvgIpc) is 2.16. The number of rotatable bonds is 3. The predicted molar refractivity (Wildman–Crippen MR) is 58.5 cm³/mol. The van der Waals surface area contributed by atoms with Crippen molar-refractivity contribution in [3.05, 3.63) is 0 Å². The lowest BCUT2D eigenvalue weighted by Gasteiger charge is -2.35. The maximum atomic E-state index is 11.7. The van der Waals surface area contributed by atoms with Gasteiger partial charge < -0.3 is 20.3 Å². The Morgan fingerprint density at radius 2 is 2.33 bits per heavy atom. The first-order chi connectivity index (χ1) is 7.00. The molecule has 0 aromatic rings. The highest BCUT2D eigenvalue weighted by Gasteiger charge is 2.25. The van der Waals surface area contributed by atoms with E-state index in [1.54, 1.807) is 11.8 Å². The minimum Gasteiger partial charge on any atom is -0.373 e. The number of carbonyl (C=O) groups is 1. The van der Waals surface area contributed by atoms with Gasteiger partial charge in [-0.2, -0.15) is 0 Å². The van der Waals surface area contributed by atoms with Crippen LogP contribution in [-0.2, 0) is 9.53 Å². The van der Waals surface area contributed by atoms with Gasteiger partial charge in [0.1, 0.15) is 0 Å². The number of likely N-dealkylation sites (N-methyl/N-ethyl adjacent to an activating group) is 1.